The van der Waals surface area contributed by atoms with Crippen LogP contribution in [0.4, 0.5) is 0 Å². The van der Waals surface area contributed by atoms with Gasteiger partial charge in [0, 0.05) is 24.7 Å². The van der Waals surface area contributed by atoms with E-state index in [2.05, 4.69) is 29.4 Å². The SMILES string of the molecule is CCCCOc1ccc(C(=O)NCC(=O)NC(C)CN2CCCC(C)C2)cc1. The molecule has 1 aromatic rings. The van der Waals surface area contributed by atoms with Gasteiger partial charge in [0.1, 0.15) is 5.75 Å². The van der Waals surface area contributed by atoms with Gasteiger partial charge < -0.3 is 20.3 Å². The van der Waals surface area contributed by atoms with Gasteiger partial charge in [-0.3, -0.25) is 9.59 Å². The van der Waals surface area contributed by atoms with Gasteiger partial charge in [-0.1, -0.05) is 20.3 Å². The number of nitrogens with one attached hydrogen (secondary N) is 2. The lowest BCUT2D eigenvalue weighted by molar-refractivity contribution is -0.120. The van der Waals surface area contributed by atoms with Crippen molar-refractivity contribution < 1.29 is 14.3 Å². The molecule has 2 N–H and O–H groups in total. The number of nitrogens with zero attached hydrogens (tertiary/aromatic N) is 1. The number of piperidine rings is 1. The van der Waals surface area contributed by atoms with Crippen LogP contribution in [0, 0.1) is 5.92 Å². The minimum Gasteiger partial charge on any atom is -0.494 e. The Hall–Kier alpha value is -2.08. The third kappa shape index (κ3) is 7.89. The number of benzene rings is 1. The molecular weight excluding hydrogens is 354 g/mol. The maximum atomic E-state index is 12.2. The van der Waals surface area contributed by atoms with E-state index in [-0.39, 0.29) is 24.4 Å². The Morgan fingerprint density at radius 3 is 2.71 bits per heavy atom. The molecule has 1 aliphatic heterocycles. The van der Waals surface area contributed by atoms with Crippen molar-refractivity contribution in [3.8, 4) is 5.75 Å². The molecule has 28 heavy (non-hydrogen) atoms. The van der Waals surface area contributed by atoms with Gasteiger partial charge in [-0.25, -0.2) is 0 Å². The highest BCUT2D eigenvalue weighted by atomic mass is 16.5. The number of likely N-dealkylation sites (tertiary alicyclic amines) is 1. The average Bonchev–Trinajstić information content (AvgIpc) is 2.67. The molecule has 0 radical (unpaired) electrons. The normalized spacial score (nSPS) is 18.3. The molecule has 1 aliphatic rings. The standard InChI is InChI=1S/C22H35N3O3/c1-4-5-13-28-20-10-8-19(9-11-20)22(27)23-14-21(26)24-18(3)16-25-12-6-7-17(2)15-25/h8-11,17-18H,4-7,12-16H2,1-3H3,(H,23,27)(H,24,26). The molecule has 0 saturated carbocycles. The van der Waals surface area contributed by atoms with Crippen molar-refractivity contribution in [2.75, 3.05) is 32.8 Å². The molecule has 0 bridgehead atoms. The first-order chi connectivity index (χ1) is 13.5. The smallest absolute Gasteiger partial charge is 0.251 e. The molecule has 2 unspecified atom stereocenters. The molecule has 6 nitrogen and oxygen atoms in total. The summed E-state index contributed by atoms with van der Waals surface area (Å²) in [4.78, 5) is 26.8. The minimum atomic E-state index is -0.257. The molecule has 2 atom stereocenters. The fraction of sp³-hybridized carbons (Fsp3) is 0.636. The Morgan fingerprint density at radius 2 is 2.04 bits per heavy atom. The molecule has 1 heterocycles. The van der Waals surface area contributed by atoms with E-state index < -0.39 is 0 Å². The topological polar surface area (TPSA) is 70.7 Å². The number of hydrogen-bond donors (Lipinski definition) is 2. The van der Waals surface area contributed by atoms with E-state index in [1.165, 1.54) is 12.8 Å². The van der Waals surface area contributed by atoms with E-state index in [1.807, 2.05) is 6.92 Å². The van der Waals surface area contributed by atoms with Crippen LogP contribution in [0.3, 0.4) is 0 Å². The Labute approximate surface area is 169 Å². The Bertz CT molecular complexity index is 618. The number of unbranched alkanes of at least 4 members (excludes halogenated alkanes) is 1. The minimum absolute atomic E-state index is 0.0195. The van der Waals surface area contributed by atoms with Crippen LogP contribution in [0.5, 0.6) is 5.75 Å². The van der Waals surface area contributed by atoms with Gasteiger partial charge >= 0.3 is 0 Å². The molecule has 0 aromatic heterocycles. The number of ether oxygens (including phenoxy) is 1. The first kappa shape index (κ1) is 22.2. The molecule has 6 heteroatoms. The maximum Gasteiger partial charge on any atom is 0.251 e. The Morgan fingerprint density at radius 1 is 1.29 bits per heavy atom. The van der Waals surface area contributed by atoms with E-state index in [4.69, 9.17) is 4.74 Å². The maximum absolute atomic E-state index is 12.2. The summed E-state index contributed by atoms with van der Waals surface area (Å²) in [5.74, 6) is 1.06. The lowest BCUT2D eigenvalue weighted by Crippen LogP contribution is -2.47. The van der Waals surface area contributed by atoms with E-state index in [0.717, 1.165) is 44.1 Å². The average molecular weight is 390 g/mol. The quantitative estimate of drug-likeness (QED) is 0.604. The predicted molar refractivity (Wildman–Crippen MR) is 112 cm³/mol. The van der Waals surface area contributed by atoms with Crippen LogP contribution < -0.4 is 15.4 Å². The van der Waals surface area contributed by atoms with Gasteiger partial charge in [0.2, 0.25) is 5.91 Å². The fourth-order valence-electron chi connectivity index (χ4n) is 3.51. The molecule has 1 aromatic carbocycles. The molecule has 0 aliphatic carbocycles. The fourth-order valence-corrected chi connectivity index (χ4v) is 3.51. The number of amides is 2. The van der Waals surface area contributed by atoms with Crippen LogP contribution in [0.2, 0.25) is 0 Å². The summed E-state index contributed by atoms with van der Waals surface area (Å²) in [7, 11) is 0. The Balaban J connectivity index is 1.69. The highest BCUT2D eigenvalue weighted by molar-refractivity contribution is 5.96. The zero-order chi connectivity index (χ0) is 20.4. The third-order valence-electron chi connectivity index (χ3n) is 4.97. The van der Waals surface area contributed by atoms with Gasteiger partial charge in [-0.05, 0) is 62.9 Å². The highest BCUT2D eigenvalue weighted by Gasteiger charge is 2.19. The lowest BCUT2D eigenvalue weighted by atomic mass is 10.00. The number of carbonyl (C=O) groups is 2. The molecule has 0 spiro atoms. The van der Waals surface area contributed by atoms with E-state index in [1.54, 1.807) is 24.3 Å². The van der Waals surface area contributed by atoms with Crippen LogP contribution in [0.15, 0.2) is 24.3 Å². The second-order valence-electron chi connectivity index (χ2n) is 7.88. The molecule has 2 rings (SSSR count). The van der Waals surface area contributed by atoms with Gasteiger partial charge in [0.25, 0.3) is 5.91 Å². The van der Waals surface area contributed by atoms with Crippen molar-refractivity contribution in [1.29, 1.82) is 0 Å². The van der Waals surface area contributed by atoms with Crippen LogP contribution in [0.1, 0.15) is 56.8 Å². The zero-order valence-corrected chi connectivity index (χ0v) is 17.5. The van der Waals surface area contributed by atoms with Crippen molar-refractivity contribution >= 4 is 11.8 Å². The summed E-state index contributed by atoms with van der Waals surface area (Å²) in [5, 5.41) is 5.65. The van der Waals surface area contributed by atoms with Crippen molar-refractivity contribution in [1.82, 2.24) is 15.5 Å². The van der Waals surface area contributed by atoms with Crippen LogP contribution in [-0.4, -0.2) is 55.5 Å². The van der Waals surface area contributed by atoms with Crippen LogP contribution in [-0.2, 0) is 4.79 Å². The monoisotopic (exact) mass is 389 g/mol. The molecule has 156 valence electrons. The second-order valence-corrected chi connectivity index (χ2v) is 7.88. The van der Waals surface area contributed by atoms with Gasteiger partial charge in [-0.15, -0.1) is 0 Å². The van der Waals surface area contributed by atoms with Gasteiger partial charge in [-0.2, -0.15) is 0 Å². The van der Waals surface area contributed by atoms with E-state index in [0.29, 0.717) is 12.2 Å². The highest BCUT2D eigenvalue weighted by Crippen LogP contribution is 2.15. The first-order valence-electron chi connectivity index (χ1n) is 10.5. The van der Waals surface area contributed by atoms with Crippen LogP contribution in [0.25, 0.3) is 0 Å². The van der Waals surface area contributed by atoms with Crippen molar-refractivity contribution in [3.05, 3.63) is 29.8 Å². The second kappa shape index (κ2) is 11.7. The number of carbonyl (C=O) groups excluding carboxylic acids is 2. The largest absolute Gasteiger partial charge is 0.494 e. The van der Waals surface area contributed by atoms with Crippen molar-refractivity contribution in [2.24, 2.45) is 5.92 Å². The number of rotatable bonds is 10. The summed E-state index contributed by atoms with van der Waals surface area (Å²) >= 11 is 0. The summed E-state index contributed by atoms with van der Waals surface area (Å²) < 4.78 is 5.59. The van der Waals surface area contributed by atoms with Gasteiger partial charge in [0.05, 0.1) is 13.2 Å². The summed E-state index contributed by atoms with van der Waals surface area (Å²) in [6.45, 7) is 10.1. The summed E-state index contributed by atoms with van der Waals surface area (Å²) in [6, 6.07) is 7.07. The van der Waals surface area contributed by atoms with E-state index >= 15 is 0 Å². The lowest BCUT2D eigenvalue weighted by Gasteiger charge is -2.32. The third-order valence-corrected chi connectivity index (χ3v) is 4.97. The Kier molecular flexibility index (Phi) is 9.28. The number of hydrogen-bond acceptors (Lipinski definition) is 4. The zero-order valence-electron chi connectivity index (χ0n) is 17.5. The predicted octanol–water partition coefficient (Wildman–Crippen LogP) is 2.83. The summed E-state index contributed by atoms with van der Waals surface area (Å²) in [6.07, 6.45) is 4.60. The molecule has 1 saturated heterocycles. The van der Waals surface area contributed by atoms with Crippen molar-refractivity contribution in [2.45, 2.75) is 52.5 Å². The molecule has 2 amide bonds. The van der Waals surface area contributed by atoms with E-state index in [9.17, 15) is 9.59 Å². The van der Waals surface area contributed by atoms with Crippen LogP contribution >= 0.6 is 0 Å². The summed E-state index contributed by atoms with van der Waals surface area (Å²) in [5.41, 5.74) is 0.519. The molecular formula is C22H35N3O3. The van der Waals surface area contributed by atoms with Crippen molar-refractivity contribution in [3.63, 3.8) is 0 Å². The van der Waals surface area contributed by atoms with Gasteiger partial charge in [0.15, 0.2) is 0 Å². The molecule has 1 fully saturated rings. The first-order valence-corrected chi connectivity index (χ1v) is 10.5.